The van der Waals surface area contributed by atoms with E-state index < -0.39 is 31.0 Å². The molecule has 0 saturated carbocycles. The van der Waals surface area contributed by atoms with Crippen LogP contribution in [0.1, 0.15) is 55.6 Å². The lowest BCUT2D eigenvalue weighted by atomic mass is 9.55. The molecule has 3 aliphatic carbocycles. The lowest BCUT2D eigenvalue weighted by Gasteiger charge is -2.45. The summed E-state index contributed by atoms with van der Waals surface area (Å²) in [6, 6.07) is 21.3. The number of ketones is 1. The van der Waals surface area contributed by atoms with Crippen LogP contribution in [0.2, 0.25) is 0 Å². The van der Waals surface area contributed by atoms with E-state index >= 15 is 0 Å². The summed E-state index contributed by atoms with van der Waals surface area (Å²) in [6.07, 6.45) is 0. The Morgan fingerprint density at radius 3 is 1.72 bits per heavy atom. The number of carbonyl (C=O) groups excluding carboxylic acids is 4. The molecule has 6 nitrogen and oxygen atoms in total. The van der Waals surface area contributed by atoms with E-state index in [1.165, 1.54) is 0 Å². The molecule has 0 N–H and O–H groups in total. The minimum Gasteiger partial charge on any atom is -0.456 e. The number of likely N-dealkylation sites (tertiary alicyclic amines) is 1. The van der Waals surface area contributed by atoms with Crippen molar-refractivity contribution in [1.29, 1.82) is 0 Å². The van der Waals surface area contributed by atoms with Crippen molar-refractivity contribution in [2.45, 2.75) is 25.7 Å². The predicted molar refractivity (Wildman–Crippen MR) is 131 cm³/mol. The highest BCUT2D eigenvalue weighted by atomic mass is 16.5. The molecule has 1 saturated heterocycles. The summed E-state index contributed by atoms with van der Waals surface area (Å²) >= 11 is 0. The molecular weight excluding hydrogens is 454 g/mol. The van der Waals surface area contributed by atoms with Gasteiger partial charge in [-0.05, 0) is 53.3 Å². The molecule has 4 aliphatic rings. The molecule has 0 radical (unpaired) electrons. The number of imide groups is 1. The van der Waals surface area contributed by atoms with Crippen molar-refractivity contribution in [2.75, 3.05) is 13.2 Å². The fraction of sp³-hybridized carbons (Fsp3) is 0.267. The molecule has 2 atom stereocenters. The molecule has 36 heavy (non-hydrogen) atoms. The van der Waals surface area contributed by atoms with Crippen molar-refractivity contribution >= 4 is 23.6 Å². The van der Waals surface area contributed by atoms with Crippen molar-refractivity contribution in [2.24, 2.45) is 11.8 Å². The topological polar surface area (TPSA) is 80.8 Å². The molecule has 180 valence electrons. The number of ether oxygens (including phenoxy) is 1. The van der Waals surface area contributed by atoms with Gasteiger partial charge >= 0.3 is 5.97 Å². The monoisotopic (exact) mass is 479 g/mol. The first-order valence-electron chi connectivity index (χ1n) is 12.2. The van der Waals surface area contributed by atoms with Crippen LogP contribution in [0, 0.1) is 25.7 Å². The van der Waals surface area contributed by atoms with Crippen LogP contribution in [-0.2, 0) is 19.1 Å². The molecule has 7 rings (SSSR count). The van der Waals surface area contributed by atoms with Crippen LogP contribution in [0.4, 0.5) is 0 Å². The number of aryl methyl sites for hydroxylation is 2. The number of esters is 1. The van der Waals surface area contributed by atoms with Crippen molar-refractivity contribution in [3.63, 3.8) is 0 Å². The highest BCUT2D eigenvalue weighted by molar-refractivity contribution is 6.09. The van der Waals surface area contributed by atoms with Gasteiger partial charge in [-0.3, -0.25) is 24.1 Å². The molecular formula is C30H25NO5. The van der Waals surface area contributed by atoms with Gasteiger partial charge in [0.15, 0.2) is 12.4 Å². The van der Waals surface area contributed by atoms with Crippen LogP contribution in [0.3, 0.4) is 0 Å². The Labute approximate surface area is 208 Å². The maximum Gasteiger partial charge on any atom is 0.326 e. The molecule has 2 amide bonds. The summed E-state index contributed by atoms with van der Waals surface area (Å²) in [5.74, 6) is -3.33. The van der Waals surface area contributed by atoms with E-state index in [9.17, 15) is 19.2 Å². The van der Waals surface area contributed by atoms with Gasteiger partial charge in [0.1, 0.15) is 6.54 Å². The maximum atomic E-state index is 13.6. The third-order valence-corrected chi connectivity index (χ3v) is 8.02. The summed E-state index contributed by atoms with van der Waals surface area (Å²) in [5.41, 5.74) is 6.80. The van der Waals surface area contributed by atoms with Crippen LogP contribution < -0.4 is 0 Å². The van der Waals surface area contributed by atoms with Gasteiger partial charge in [-0.2, -0.15) is 0 Å². The minimum absolute atomic E-state index is 0.226. The Bertz CT molecular complexity index is 1340. The number of Topliss-reactive ketones (excluding diaryl/α,β-unsaturated/α-hetero) is 1. The summed E-state index contributed by atoms with van der Waals surface area (Å²) in [4.78, 5) is 53.3. The van der Waals surface area contributed by atoms with Crippen LogP contribution in [0.5, 0.6) is 0 Å². The second kappa shape index (κ2) is 8.26. The van der Waals surface area contributed by atoms with Gasteiger partial charge < -0.3 is 4.74 Å². The number of benzene rings is 3. The van der Waals surface area contributed by atoms with Crippen LogP contribution >= 0.6 is 0 Å². The van der Waals surface area contributed by atoms with Gasteiger partial charge in [0.25, 0.3) is 0 Å². The third kappa shape index (κ3) is 3.24. The Hall–Kier alpha value is -4.06. The van der Waals surface area contributed by atoms with E-state index in [-0.39, 0.29) is 29.4 Å². The summed E-state index contributed by atoms with van der Waals surface area (Å²) in [6.45, 7) is 2.93. The summed E-state index contributed by atoms with van der Waals surface area (Å²) < 4.78 is 5.20. The highest BCUT2D eigenvalue weighted by Gasteiger charge is 2.61. The fourth-order valence-corrected chi connectivity index (χ4v) is 6.21. The van der Waals surface area contributed by atoms with E-state index in [4.69, 9.17) is 4.74 Å². The number of hydrogen-bond donors (Lipinski definition) is 0. The number of amides is 2. The van der Waals surface area contributed by atoms with Crippen molar-refractivity contribution < 1.29 is 23.9 Å². The van der Waals surface area contributed by atoms with Crippen LogP contribution in [0.25, 0.3) is 0 Å². The third-order valence-electron chi connectivity index (χ3n) is 8.02. The first-order valence-corrected chi connectivity index (χ1v) is 12.2. The molecule has 1 aliphatic heterocycles. The smallest absolute Gasteiger partial charge is 0.326 e. The molecule has 0 spiro atoms. The zero-order valence-electron chi connectivity index (χ0n) is 20.1. The first-order chi connectivity index (χ1) is 17.4. The van der Waals surface area contributed by atoms with E-state index in [0.29, 0.717) is 5.56 Å². The van der Waals surface area contributed by atoms with E-state index in [0.717, 1.165) is 38.3 Å². The molecule has 0 aromatic heterocycles. The number of carbonyl (C=O) groups is 4. The molecule has 1 heterocycles. The second-order valence-corrected chi connectivity index (χ2v) is 9.91. The normalized spacial score (nSPS) is 23.2. The Kier molecular flexibility index (Phi) is 5.14. The predicted octanol–water partition coefficient (Wildman–Crippen LogP) is 3.92. The quantitative estimate of drug-likeness (QED) is 0.315. The lowest BCUT2D eigenvalue weighted by Crippen LogP contribution is -2.41. The average Bonchev–Trinajstić information content (AvgIpc) is 3.14. The molecule has 1 fully saturated rings. The molecule has 6 heteroatoms. The minimum atomic E-state index is -0.769. The zero-order chi connectivity index (χ0) is 25.1. The van der Waals surface area contributed by atoms with Gasteiger partial charge in [0.05, 0.1) is 11.8 Å². The van der Waals surface area contributed by atoms with E-state index in [2.05, 4.69) is 0 Å². The number of hydrogen-bond acceptors (Lipinski definition) is 5. The van der Waals surface area contributed by atoms with E-state index in [1.807, 2.05) is 68.4 Å². The fourth-order valence-electron chi connectivity index (χ4n) is 6.21. The number of rotatable bonds is 5. The Morgan fingerprint density at radius 1 is 0.750 bits per heavy atom. The van der Waals surface area contributed by atoms with E-state index in [1.54, 1.807) is 12.1 Å². The van der Waals surface area contributed by atoms with Crippen LogP contribution in [-0.4, -0.2) is 41.6 Å². The Balaban J connectivity index is 1.22. The van der Waals surface area contributed by atoms with Crippen LogP contribution in [0.15, 0.2) is 66.7 Å². The van der Waals surface area contributed by atoms with Gasteiger partial charge in [0, 0.05) is 17.4 Å². The first kappa shape index (κ1) is 22.4. The maximum absolute atomic E-state index is 13.6. The largest absolute Gasteiger partial charge is 0.456 e. The Morgan fingerprint density at radius 2 is 1.25 bits per heavy atom. The lowest BCUT2D eigenvalue weighted by molar-refractivity contribution is -0.152. The van der Waals surface area contributed by atoms with Gasteiger partial charge in [-0.1, -0.05) is 60.7 Å². The van der Waals surface area contributed by atoms with Crippen molar-refractivity contribution in [1.82, 2.24) is 4.90 Å². The average molecular weight is 480 g/mol. The molecule has 2 bridgehead atoms. The SMILES string of the molecule is Cc1ccc(C(=O)COC(=O)CN2C(=O)[C@@H]3C4c5ccccc5C(c5ccccc54)[C@@H]3C2=O)cc1C. The molecule has 0 unspecified atom stereocenters. The zero-order valence-corrected chi connectivity index (χ0v) is 20.1. The van der Waals surface area contributed by atoms with Gasteiger partial charge in [-0.25, -0.2) is 0 Å². The van der Waals surface area contributed by atoms with Gasteiger partial charge in [0.2, 0.25) is 11.8 Å². The second-order valence-electron chi connectivity index (χ2n) is 9.91. The summed E-state index contributed by atoms with van der Waals surface area (Å²) in [5, 5.41) is 0. The molecule has 3 aromatic rings. The van der Waals surface area contributed by atoms with Crippen molar-refractivity contribution in [3.05, 3.63) is 106 Å². The molecule has 3 aromatic carbocycles. The van der Waals surface area contributed by atoms with Crippen molar-refractivity contribution in [3.8, 4) is 0 Å². The number of nitrogens with zero attached hydrogens (tertiary/aromatic N) is 1. The van der Waals surface area contributed by atoms with Gasteiger partial charge in [-0.15, -0.1) is 0 Å². The summed E-state index contributed by atoms with van der Waals surface area (Å²) in [7, 11) is 0. The standard InChI is InChI=1S/C30H25NO5/c1-16-11-12-18(13-17(16)2)23(32)15-36-24(33)14-31-29(34)27-25-19-7-3-4-8-20(19)26(28(27)30(31)35)22-10-6-5-9-21(22)25/h3-13,25-28H,14-15H2,1-2H3/t25?,26?,27-,28+. The highest BCUT2D eigenvalue weighted by Crippen LogP contribution is 2.60.